The lowest BCUT2D eigenvalue weighted by Crippen LogP contribution is -2.26. The van der Waals surface area contributed by atoms with Crippen LogP contribution >= 0.6 is 22.9 Å². The molecule has 6 heteroatoms. The van der Waals surface area contributed by atoms with Crippen LogP contribution in [0.3, 0.4) is 0 Å². The average Bonchev–Trinajstić information content (AvgIpc) is 2.77. The molecule has 19 heavy (non-hydrogen) atoms. The van der Waals surface area contributed by atoms with Crippen LogP contribution in [0.4, 0.5) is 0 Å². The first-order chi connectivity index (χ1) is 8.97. The van der Waals surface area contributed by atoms with E-state index in [0.29, 0.717) is 17.3 Å². The topological polar surface area (TPSA) is 66.4 Å². The molecule has 0 saturated heterocycles. The number of hydrogen-bond donors (Lipinski definition) is 2. The lowest BCUT2D eigenvalue weighted by Gasteiger charge is -2.09. The number of amides is 1. The van der Waals surface area contributed by atoms with Crippen molar-refractivity contribution >= 4 is 40.9 Å². The van der Waals surface area contributed by atoms with Crippen molar-refractivity contribution in [1.82, 2.24) is 5.32 Å². The van der Waals surface area contributed by atoms with Gasteiger partial charge < -0.3 is 10.4 Å². The monoisotopic (exact) mass is 301 g/mol. The summed E-state index contributed by atoms with van der Waals surface area (Å²) in [6.07, 6.45) is 3.83. The molecule has 4 nitrogen and oxygen atoms in total. The van der Waals surface area contributed by atoms with Gasteiger partial charge in [-0.05, 0) is 30.5 Å². The summed E-state index contributed by atoms with van der Waals surface area (Å²) < 4.78 is 0.683. The molecular weight excluding hydrogens is 286 g/mol. The van der Waals surface area contributed by atoms with Gasteiger partial charge in [-0.2, -0.15) is 0 Å². The van der Waals surface area contributed by atoms with E-state index < -0.39 is 5.97 Å². The number of halogens is 1. The minimum absolute atomic E-state index is 0.126. The van der Waals surface area contributed by atoms with Crippen LogP contribution < -0.4 is 5.32 Å². The molecule has 1 atom stereocenters. The lowest BCUT2D eigenvalue weighted by atomic mass is 10.1. The van der Waals surface area contributed by atoms with E-state index in [9.17, 15) is 9.59 Å². The predicted molar refractivity (Wildman–Crippen MR) is 77.4 cm³/mol. The number of nitrogens with one attached hydrogen (secondary N) is 1. The van der Waals surface area contributed by atoms with Crippen LogP contribution in [-0.2, 0) is 9.59 Å². The standard InChI is InChI=1S/C13H16ClNO3S/c1-9(2-7-13(17)18)8-15-12(16)6-4-10-3-5-11(14)19-10/h3-6,9H,2,7-8H2,1H3,(H,15,16)(H,17,18)/b6-4+. The zero-order valence-electron chi connectivity index (χ0n) is 10.6. The van der Waals surface area contributed by atoms with Crippen LogP contribution in [0.2, 0.25) is 4.34 Å². The Hall–Kier alpha value is -1.33. The highest BCUT2D eigenvalue weighted by Crippen LogP contribution is 2.22. The van der Waals surface area contributed by atoms with Gasteiger partial charge in [0.2, 0.25) is 5.91 Å². The van der Waals surface area contributed by atoms with Gasteiger partial charge in [0.15, 0.2) is 0 Å². The van der Waals surface area contributed by atoms with Gasteiger partial charge in [0, 0.05) is 23.9 Å². The molecule has 0 bridgehead atoms. The third kappa shape index (κ3) is 6.98. The van der Waals surface area contributed by atoms with Crippen molar-refractivity contribution in [2.45, 2.75) is 19.8 Å². The molecule has 1 rings (SSSR count). The van der Waals surface area contributed by atoms with Gasteiger partial charge in [-0.15, -0.1) is 11.3 Å². The maximum absolute atomic E-state index is 11.5. The highest BCUT2D eigenvalue weighted by atomic mass is 35.5. The van der Waals surface area contributed by atoms with Crippen LogP contribution in [0.15, 0.2) is 18.2 Å². The molecule has 0 fully saturated rings. The van der Waals surface area contributed by atoms with Crippen LogP contribution in [0.25, 0.3) is 6.08 Å². The Balaban J connectivity index is 2.27. The van der Waals surface area contributed by atoms with Gasteiger partial charge in [-0.3, -0.25) is 9.59 Å². The summed E-state index contributed by atoms with van der Waals surface area (Å²) >= 11 is 7.17. The first kappa shape index (κ1) is 15.7. The third-order valence-corrected chi connectivity index (χ3v) is 3.67. The zero-order valence-corrected chi connectivity index (χ0v) is 12.1. The Labute approximate surface area is 121 Å². The van der Waals surface area contributed by atoms with E-state index in [4.69, 9.17) is 16.7 Å². The van der Waals surface area contributed by atoms with Crippen LogP contribution in [0.5, 0.6) is 0 Å². The van der Waals surface area contributed by atoms with E-state index in [-0.39, 0.29) is 18.2 Å². The summed E-state index contributed by atoms with van der Waals surface area (Å²) in [6.45, 7) is 2.38. The molecule has 0 aliphatic carbocycles. The number of aliphatic carboxylic acids is 1. The Morgan fingerprint density at radius 2 is 2.26 bits per heavy atom. The summed E-state index contributed by atoms with van der Waals surface area (Å²) in [5.41, 5.74) is 0. The first-order valence-corrected chi connectivity index (χ1v) is 7.10. The molecule has 104 valence electrons. The van der Waals surface area contributed by atoms with E-state index in [0.717, 1.165) is 4.88 Å². The van der Waals surface area contributed by atoms with E-state index in [2.05, 4.69) is 5.32 Å². The summed E-state index contributed by atoms with van der Waals surface area (Å²) in [4.78, 5) is 22.8. The highest BCUT2D eigenvalue weighted by Gasteiger charge is 2.06. The molecule has 0 spiro atoms. The smallest absolute Gasteiger partial charge is 0.303 e. The van der Waals surface area contributed by atoms with Crippen LogP contribution in [-0.4, -0.2) is 23.5 Å². The molecule has 1 heterocycles. The largest absolute Gasteiger partial charge is 0.481 e. The van der Waals surface area contributed by atoms with Gasteiger partial charge in [-0.25, -0.2) is 0 Å². The number of carbonyl (C=O) groups excluding carboxylic acids is 1. The predicted octanol–water partition coefficient (Wildman–Crippen LogP) is 3.03. The number of carbonyl (C=O) groups is 2. The highest BCUT2D eigenvalue weighted by molar-refractivity contribution is 7.17. The minimum atomic E-state index is -0.812. The van der Waals surface area contributed by atoms with Gasteiger partial charge in [0.25, 0.3) is 0 Å². The number of hydrogen-bond acceptors (Lipinski definition) is 3. The summed E-state index contributed by atoms with van der Waals surface area (Å²) in [5, 5.41) is 11.3. The van der Waals surface area contributed by atoms with Gasteiger partial charge in [0.1, 0.15) is 0 Å². The average molecular weight is 302 g/mol. The molecule has 1 unspecified atom stereocenters. The second-order valence-electron chi connectivity index (χ2n) is 4.26. The third-order valence-electron chi connectivity index (χ3n) is 2.47. The van der Waals surface area contributed by atoms with E-state index in [1.165, 1.54) is 17.4 Å². The first-order valence-electron chi connectivity index (χ1n) is 5.90. The fraction of sp³-hybridized carbons (Fsp3) is 0.385. The Morgan fingerprint density at radius 3 is 2.84 bits per heavy atom. The maximum atomic E-state index is 11.5. The van der Waals surface area contributed by atoms with E-state index >= 15 is 0 Å². The van der Waals surface area contributed by atoms with Gasteiger partial charge in [-0.1, -0.05) is 18.5 Å². The normalized spacial score (nSPS) is 12.5. The molecule has 0 aromatic carbocycles. The van der Waals surface area contributed by atoms with Crippen molar-refractivity contribution < 1.29 is 14.7 Å². The molecule has 0 aliphatic rings. The SMILES string of the molecule is CC(CCC(=O)O)CNC(=O)/C=C/c1ccc(Cl)s1. The van der Waals surface area contributed by atoms with Crippen molar-refractivity contribution in [3.8, 4) is 0 Å². The van der Waals surface area contributed by atoms with E-state index in [1.807, 2.05) is 13.0 Å². The van der Waals surface area contributed by atoms with Crippen molar-refractivity contribution in [2.75, 3.05) is 6.54 Å². The second-order valence-corrected chi connectivity index (χ2v) is 6.00. The number of rotatable bonds is 7. The summed E-state index contributed by atoms with van der Waals surface area (Å²) in [6, 6.07) is 3.62. The number of carboxylic acids is 1. The second kappa shape index (κ2) is 7.96. The fourth-order valence-corrected chi connectivity index (χ4v) is 2.35. The van der Waals surface area contributed by atoms with E-state index in [1.54, 1.807) is 12.1 Å². The lowest BCUT2D eigenvalue weighted by molar-refractivity contribution is -0.137. The van der Waals surface area contributed by atoms with Crippen molar-refractivity contribution in [3.05, 3.63) is 27.4 Å². The van der Waals surface area contributed by atoms with Gasteiger partial charge >= 0.3 is 5.97 Å². The molecule has 1 aromatic heterocycles. The number of carboxylic acid groups (broad SMARTS) is 1. The zero-order chi connectivity index (χ0) is 14.3. The van der Waals surface area contributed by atoms with Crippen LogP contribution in [0.1, 0.15) is 24.6 Å². The summed E-state index contributed by atoms with van der Waals surface area (Å²) in [7, 11) is 0. The quantitative estimate of drug-likeness (QED) is 0.761. The molecule has 2 N–H and O–H groups in total. The van der Waals surface area contributed by atoms with Gasteiger partial charge in [0.05, 0.1) is 4.34 Å². The minimum Gasteiger partial charge on any atom is -0.481 e. The Morgan fingerprint density at radius 1 is 1.53 bits per heavy atom. The Kier molecular flexibility index (Phi) is 6.59. The molecule has 1 aromatic rings. The molecule has 0 saturated carbocycles. The molecular formula is C13H16ClNO3S. The van der Waals surface area contributed by atoms with Crippen molar-refractivity contribution in [3.63, 3.8) is 0 Å². The maximum Gasteiger partial charge on any atom is 0.303 e. The molecule has 0 aliphatic heterocycles. The van der Waals surface area contributed by atoms with Crippen molar-refractivity contribution in [2.24, 2.45) is 5.92 Å². The fourth-order valence-electron chi connectivity index (χ4n) is 1.38. The molecule has 0 radical (unpaired) electrons. The summed E-state index contributed by atoms with van der Waals surface area (Å²) in [5.74, 6) is -0.857. The molecule has 1 amide bonds. The number of thiophene rings is 1. The van der Waals surface area contributed by atoms with Crippen molar-refractivity contribution in [1.29, 1.82) is 0 Å². The van der Waals surface area contributed by atoms with Crippen LogP contribution in [0, 0.1) is 5.92 Å². The Bertz CT molecular complexity index is 470.